The first-order valence-corrected chi connectivity index (χ1v) is 8.31. The Morgan fingerprint density at radius 3 is 2.60 bits per heavy atom. The highest BCUT2D eigenvalue weighted by molar-refractivity contribution is 7.89. The van der Waals surface area contributed by atoms with Crippen molar-refractivity contribution in [1.29, 1.82) is 0 Å². The van der Waals surface area contributed by atoms with Crippen LogP contribution in [0.25, 0.3) is 0 Å². The quantitative estimate of drug-likeness (QED) is 0.866. The highest BCUT2D eigenvalue weighted by atomic mass is 32.2. The molecule has 1 aliphatic heterocycles. The zero-order valence-corrected chi connectivity index (χ0v) is 12.9. The van der Waals surface area contributed by atoms with Crippen LogP contribution in [0.3, 0.4) is 0 Å². The van der Waals surface area contributed by atoms with Crippen LogP contribution in [0.4, 0.5) is 0 Å². The van der Waals surface area contributed by atoms with Crippen LogP contribution in [0.1, 0.15) is 18.6 Å². The van der Waals surface area contributed by atoms with Gasteiger partial charge in [-0.3, -0.25) is 0 Å². The molecule has 1 aromatic heterocycles. The highest BCUT2D eigenvalue weighted by Crippen LogP contribution is 2.22. The van der Waals surface area contributed by atoms with Gasteiger partial charge in [0.05, 0.1) is 6.54 Å². The highest BCUT2D eigenvalue weighted by Gasteiger charge is 2.28. The average molecular weight is 301 g/mol. The van der Waals surface area contributed by atoms with Gasteiger partial charge in [-0.25, -0.2) is 8.42 Å². The second-order valence-electron chi connectivity index (χ2n) is 5.46. The van der Waals surface area contributed by atoms with E-state index < -0.39 is 10.0 Å². The summed E-state index contributed by atoms with van der Waals surface area (Å²) < 4.78 is 31.4. The number of nitrogens with zero attached hydrogens (tertiary/aromatic N) is 2. The van der Waals surface area contributed by atoms with Crippen LogP contribution in [0.5, 0.6) is 0 Å². The Labute approximate surface area is 120 Å². The van der Waals surface area contributed by atoms with Crippen LogP contribution in [-0.2, 0) is 16.6 Å². The van der Waals surface area contributed by atoms with Crippen LogP contribution in [0.2, 0.25) is 0 Å². The minimum atomic E-state index is -3.54. The van der Waals surface area contributed by atoms with Gasteiger partial charge in [0, 0.05) is 13.6 Å². The summed E-state index contributed by atoms with van der Waals surface area (Å²) in [4.78, 5) is 2.27. The molecule has 2 heterocycles. The Morgan fingerprint density at radius 2 is 2.05 bits per heavy atom. The van der Waals surface area contributed by atoms with Crippen LogP contribution >= 0.6 is 0 Å². The van der Waals surface area contributed by atoms with Crippen molar-refractivity contribution in [3.8, 4) is 0 Å². The van der Waals surface area contributed by atoms with Crippen molar-refractivity contribution in [2.45, 2.75) is 24.5 Å². The van der Waals surface area contributed by atoms with Crippen molar-refractivity contribution in [2.24, 2.45) is 11.7 Å². The monoisotopic (exact) mass is 301 g/mol. The SMILES string of the molecule is CN1CCC(CN(C)S(=O)(=O)c2ccc(CN)o2)CC1. The largest absolute Gasteiger partial charge is 0.447 e. The third kappa shape index (κ3) is 3.41. The third-order valence-corrected chi connectivity index (χ3v) is 5.55. The van der Waals surface area contributed by atoms with Gasteiger partial charge in [0.25, 0.3) is 10.0 Å². The predicted molar refractivity (Wildman–Crippen MR) is 76.6 cm³/mol. The molecule has 0 radical (unpaired) electrons. The van der Waals surface area contributed by atoms with Gasteiger partial charge in [0.15, 0.2) is 0 Å². The lowest BCUT2D eigenvalue weighted by Gasteiger charge is -2.31. The topological polar surface area (TPSA) is 79.8 Å². The Morgan fingerprint density at radius 1 is 1.40 bits per heavy atom. The lowest BCUT2D eigenvalue weighted by Crippen LogP contribution is -2.37. The summed E-state index contributed by atoms with van der Waals surface area (Å²) in [5, 5.41) is -0.0200. The Bertz CT molecular complexity index is 533. The second-order valence-corrected chi connectivity index (χ2v) is 7.43. The number of sulfonamides is 1. The van der Waals surface area contributed by atoms with E-state index in [9.17, 15) is 8.42 Å². The molecule has 1 aromatic rings. The zero-order valence-electron chi connectivity index (χ0n) is 12.1. The molecule has 2 rings (SSSR count). The van der Waals surface area contributed by atoms with Crippen LogP contribution in [0, 0.1) is 5.92 Å². The smallest absolute Gasteiger partial charge is 0.276 e. The lowest BCUT2D eigenvalue weighted by atomic mass is 9.97. The van der Waals surface area contributed by atoms with Crippen LogP contribution in [0.15, 0.2) is 21.6 Å². The fourth-order valence-corrected chi connectivity index (χ4v) is 3.63. The molecule has 20 heavy (non-hydrogen) atoms. The molecule has 0 aromatic carbocycles. The Hall–Kier alpha value is -0.890. The summed E-state index contributed by atoms with van der Waals surface area (Å²) in [6.07, 6.45) is 2.06. The molecule has 1 aliphatic rings. The van der Waals surface area contributed by atoms with E-state index in [2.05, 4.69) is 11.9 Å². The van der Waals surface area contributed by atoms with Gasteiger partial charge in [-0.15, -0.1) is 0 Å². The minimum Gasteiger partial charge on any atom is -0.447 e. The summed E-state index contributed by atoms with van der Waals surface area (Å²) in [6.45, 7) is 2.79. The Kier molecular flexibility index (Phi) is 4.85. The fraction of sp³-hybridized carbons (Fsp3) is 0.692. The number of furan rings is 1. The van der Waals surface area contributed by atoms with E-state index in [1.807, 2.05) is 0 Å². The first-order chi connectivity index (χ1) is 9.43. The minimum absolute atomic E-state index is 0.0200. The van der Waals surface area contributed by atoms with E-state index in [0.717, 1.165) is 25.9 Å². The number of likely N-dealkylation sites (tertiary alicyclic amines) is 1. The maximum atomic E-state index is 12.4. The molecule has 7 heteroatoms. The van der Waals surface area contributed by atoms with Crippen molar-refractivity contribution in [1.82, 2.24) is 9.21 Å². The summed E-state index contributed by atoms with van der Waals surface area (Å²) in [7, 11) is 0.157. The zero-order chi connectivity index (χ0) is 14.8. The molecule has 0 atom stereocenters. The van der Waals surface area contributed by atoms with Gasteiger partial charge >= 0.3 is 0 Å². The van der Waals surface area contributed by atoms with Crippen molar-refractivity contribution in [2.75, 3.05) is 33.7 Å². The molecule has 0 unspecified atom stereocenters. The molecular formula is C13H23N3O3S. The summed E-state index contributed by atoms with van der Waals surface area (Å²) in [5.41, 5.74) is 5.44. The van der Waals surface area contributed by atoms with Gasteiger partial charge in [-0.2, -0.15) is 4.31 Å². The maximum Gasteiger partial charge on any atom is 0.276 e. The number of hydrogen-bond acceptors (Lipinski definition) is 5. The number of nitrogens with two attached hydrogens (primary N) is 1. The van der Waals surface area contributed by atoms with Gasteiger partial charge in [0.1, 0.15) is 5.76 Å². The van der Waals surface area contributed by atoms with Gasteiger partial charge in [0.2, 0.25) is 5.09 Å². The van der Waals surface area contributed by atoms with Crippen molar-refractivity contribution >= 4 is 10.0 Å². The molecule has 0 aliphatic carbocycles. The third-order valence-electron chi connectivity index (χ3n) is 3.86. The molecule has 6 nitrogen and oxygen atoms in total. The molecule has 1 fully saturated rings. The van der Waals surface area contributed by atoms with Gasteiger partial charge in [-0.05, 0) is 51.0 Å². The number of hydrogen-bond donors (Lipinski definition) is 1. The van der Waals surface area contributed by atoms with E-state index in [0.29, 0.717) is 18.2 Å². The first kappa shape index (κ1) is 15.5. The van der Waals surface area contributed by atoms with E-state index in [1.165, 1.54) is 10.4 Å². The summed E-state index contributed by atoms with van der Waals surface area (Å²) in [6, 6.07) is 3.08. The first-order valence-electron chi connectivity index (χ1n) is 6.87. The average Bonchev–Trinajstić information content (AvgIpc) is 2.90. The van der Waals surface area contributed by atoms with Crippen LogP contribution < -0.4 is 5.73 Å². The number of rotatable bonds is 5. The maximum absolute atomic E-state index is 12.4. The lowest BCUT2D eigenvalue weighted by molar-refractivity contribution is 0.201. The second kappa shape index (κ2) is 6.26. The van der Waals surface area contributed by atoms with Crippen molar-refractivity contribution in [3.63, 3.8) is 0 Å². The molecular weight excluding hydrogens is 278 g/mol. The van der Waals surface area contributed by atoms with Crippen molar-refractivity contribution in [3.05, 3.63) is 17.9 Å². The molecule has 0 saturated carbocycles. The Balaban J connectivity index is 2.01. The van der Waals surface area contributed by atoms with E-state index >= 15 is 0 Å². The molecule has 1 saturated heterocycles. The van der Waals surface area contributed by atoms with Gasteiger partial charge < -0.3 is 15.1 Å². The predicted octanol–water partition coefficient (Wildman–Crippen LogP) is 0.701. The van der Waals surface area contributed by atoms with Crippen molar-refractivity contribution < 1.29 is 12.8 Å². The van der Waals surface area contributed by atoms with Crippen LogP contribution in [-0.4, -0.2) is 51.4 Å². The molecule has 0 spiro atoms. The van der Waals surface area contributed by atoms with E-state index in [4.69, 9.17) is 10.2 Å². The molecule has 2 N–H and O–H groups in total. The molecule has 0 amide bonds. The fourth-order valence-electron chi connectivity index (χ4n) is 2.47. The summed E-state index contributed by atoms with van der Waals surface area (Å²) >= 11 is 0. The summed E-state index contributed by atoms with van der Waals surface area (Å²) in [5.74, 6) is 0.895. The normalized spacial score (nSPS) is 18.8. The molecule has 114 valence electrons. The molecule has 0 bridgehead atoms. The van der Waals surface area contributed by atoms with E-state index in [-0.39, 0.29) is 11.6 Å². The number of piperidine rings is 1. The standard InChI is InChI=1S/C13H23N3O3S/c1-15-7-5-11(6-8-15)10-16(2)20(17,18)13-4-3-12(9-14)19-13/h3-4,11H,5-10,14H2,1-2H3. The van der Waals surface area contributed by atoms with Gasteiger partial charge in [-0.1, -0.05) is 0 Å². The van der Waals surface area contributed by atoms with E-state index in [1.54, 1.807) is 13.1 Å².